The predicted octanol–water partition coefficient (Wildman–Crippen LogP) is 2.69. The van der Waals surface area contributed by atoms with E-state index in [4.69, 9.17) is 0 Å². The SMILES string of the molecule is O=C(Nc1ccc2c(c1)NCCC2)c1ccccn1. The van der Waals surface area contributed by atoms with E-state index in [9.17, 15) is 4.79 Å². The van der Waals surface area contributed by atoms with Crippen LogP contribution in [-0.2, 0) is 6.42 Å². The molecule has 2 aromatic rings. The first-order chi connectivity index (χ1) is 9.33. The van der Waals surface area contributed by atoms with Crippen molar-refractivity contribution in [3.05, 3.63) is 53.9 Å². The number of anilines is 2. The van der Waals surface area contributed by atoms with Crippen LogP contribution in [0.25, 0.3) is 0 Å². The van der Waals surface area contributed by atoms with E-state index in [0.717, 1.165) is 30.8 Å². The summed E-state index contributed by atoms with van der Waals surface area (Å²) in [5, 5.41) is 6.22. The summed E-state index contributed by atoms with van der Waals surface area (Å²) >= 11 is 0. The fourth-order valence-corrected chi connectivity index (χ4v) is 2.23. The zero-order valence-corrected chi connectivity index (χ0v) is 10.5. The van der Waals surface area contributed by atoms with Crippen molar-refractivity contribution >= 4 is 17.3 Å². The summed E-state index contributed by atoms with van der Waals surface area (Å²) in [5.41, 5.74) is 3.64. The average molecular weight is 253 g/mol. The van der Waals surface area contributed by atoms with Gasteiger partial charge in [0.05, 0.1) is 0 Å². The van der Waals surface area contributed by atoms with Crippen molar-refractivity contribution < 1.29 is 4.79 Å². The van der Waals surface area contributed by atoms with Crippen molar-refractivity contribution in [1.82, 2.24) is 4.98 Å². The number of nitrogens with one attached hydrogen (secondary N) is 2. The molecule has 96 valence electrons. The number of nitrogens with zero attached hydrogens (tertiary/aromatic N) is 1. The van der Waals surface area contributed by atoms with E-state index in [1.807, 2.05) is 12.1 Å². The van der Waals surface area contributed by atoms with E-state index in [0.29, 0.717) is 5.69 Å². The molecule has 2 heterocycles. The second kappa shape index (κ2) is 5.10. The van der Waals surface area contributed by atoms with Gasteiger partial charge in [-0.2, -0.15) is 0 Å². The Hall–Kier alpha value is -2.36. The molecule has 2 N–H and O–H groups in total. The Morgan fingerprint density at radius 2 is 2.21 bits per heavy atom. The highest BCUT2D eigenvalue weighted by molar-refractivity contribution is 6.03. The van der Waals surface area contributed by atoms with Crippen LogP contribution in [0.3, 0.4) is 0 Å². The number of fused-ring (bicyclic) bond motifs is 1. The maximum absolute atomic E-state index is 12.0. The second-order valence-corrected chi connectivity index (χ2v) is 4.57. The molecule has 0 saturated carbocycles. The maximum Gasteiger partial charge on any atom is 0.274 e. The van der Waals surface area contributed by atoms with Crippen LogP contribution in [0, 0.1) is 0 Å². The van der Waals surface area contributed by atoms with E-state index in [2.05, 4.69) is 21.7 Å². The van der Waals surface area contributed by atoms with Crippen LogP contribution in [0.2, 0.25) is 0 Å². The Balaban J connectivity index is 1.78. The fraction of sp³-hybridized carbons (Fsp3) is 0.200. The Morgan fingerprint density at radius 1 is 1.26 bits per heavy atom. The summed E-state index contributed by atoms with van der Waals surface area (Å²) in [6, 6.07) is 11.3. The van der Waals surface area contributed by atoms with Crippen molar-refractivity contribution in [2.45, 2.75) is 12.8 Å². The van der Waals surface area contributed by atoms with E-state index in [1.165, 1.54) is 5.56 Å². The van der Waals surface area contributed by atoms with Crippen molar-refractivity contribution in [2.75, 3.05) is 17.2 Å². The molecule has 0 unspecified atom stereocenters. The zero-order valence-electron chi connectivity index (χ0n) is 10.5. The predicted molar refractivity (Wildman–Crippen MR) is 75.4 cm³/mol. The second-order valence-electron chi connectivity index (χ2n) is 4.57. The van der Waals surface area contributed by atoms with Gasteiger partial charge in [0.25, 0.3) is 5.91 Å². The number of benzene rings is 1. The minimum absolute atomic E-state index is 0.184. The lowest BCUT2D eigenvalue weighted by molar-refractivity contribution is 0.102. The molecule has 3 rings (SSSR count). The number of aryl methyl sites for hydroxylation is 1. The summed E-state index contributed by atoms with van der Waals surface area (Å²) in [4.78, 5) is 16.0. The summed E-state index contributed by atoms with van der Waals surface area (Å²) < 4.78 is 0. The molecular formula is C15H15N3O. The lowest BCUT2D eigenvalue weighted by atomic mass is 10.0. The molecule has 4 heteroatoms. The summed E-state index contributed by atoms with van der Waals surface area (Å²) in [6.07, 6.45) is 3.87. The number of carbonyl (C=O) groups excluding carboxylic acids is 1. The van der Waals surface area contributed by atoms with Crippen molar-refractivity contribution in [3.63, 3.8) is 0 Å². The van der Waals surface area contributed by atoms with E-state index >= 15 is 0 Å². The molecule has 1 amide bonds. The molecule has 0 saturated heterocycles. The number of pyridine rings is 1. The number of amides is 1. The smallest absolute Gasteiger partial charge is 0.274 e. The van der Waals surface area contributed by atoms with Gasteiger partial charge in [-0.25, -0.2) is 0 Å². The first kappa shape index (κ1) is 11.7. The van der Waals surface area contributed by atoms with E-state index in [1.54, 1.807) is 24.4 Å². The van der Waals surface area contributed by atoms with Gasteiger partial charge < -0.3 is 10.6 Å². The quantitative estimate of drug-likeness (QED) is 0.865. The van der Waals surface area contributed by atoms with Crippen LogP contribution < -0.4 is 10.6 Å². The molecule has 1 aliphatic heterocycles. The lowest BCUT2D eigenvalue weighted by Gasteiger charge is -2.18. The van der Waals surface area contributed by atoms with E-state index in [-0.39, 0.29) is 5.91 Å². The van der Waals surface area contributed by atoms with Crippen molar-refractivity contribution in [2.24, 2.45) is 0 Å². The topological polar surface area (TPSA) is 54.0 Å². The first-order valence-electron chi connectivity index (χ1n) is 6.42. The largest absolute Gasteiger partial charge is 0.385 e. The van der Waals surface area contributed by atoms with Crippen LogP contribution in [0.5, 0.6) is 0 Å². The van der Waals surface area contributed by atoms with Gasteiger partial charge in [0.15, 0.2) is 0 Å². The Kier molecular flexibility index (Phi) is 3.14. The van der Waals surface area contributed by atoms with Gasteiger partial charge in [0.1, 0.15) is 5.69 Å². The molecule has 0 fully saturated rings. The molecule has 0 radical (unpaired) electrons. The van der Waals surface area contributed by atoms with Crippen molar-refractivity contribution in [3.8, 4) is 0 Å². The number of carbonyl (C=O) groups is 1. The number of hydrogen-bond donors (Lipinski definition) is 2. The van der Waals surface area contributed by atoms with Crippen LogP contribution >= 0.6 is 0 Å². The maximum atomic E-state index is 12.0. The monoisotopic (exact) mass is 253 g/mol. The molecule has 0 aliphatic carbocycles. The molecule has 0 atom stereocenters. The third-order valence-corrected chi connectivity index (χ3v) is 3.20. The van der Waals surface area contributed by atoms with Gasteiger partial charge in [-0.15, -0.1) is 0 Å². The first-order valence-corrected chi connectivity index (χ1v) is 6.42. The fourth-order valence-electron chi connectivity index (χ4n) is 2.23. The molecule has 19 heavy (non-hydrogen) atoms. The molecule has 0 spiro atoms. The number of hydrogen-bond acceptors (Lipinski definition) is 3. The van der Waals surface area contributed by atoms with Gasteiger partial charge >= 0.3 is 0 Å². The molecule has 1 aliphatic rings. The zero-order chi connectivity index (χ0) is 13.1. The third-order valence-electron chi connectivity index (χ3n) is 3.20. The average Bonchev–Trinajstić information content (AvgIpc) is 2.48. The molecule has 1 aromatic heterocycles. The third kappa shape index (κ3) is 2.57. The summed E-state index contributed by atoms with van der Waals surface area (Å²) in [7, 11) is 0. The van der Waals surface area contributed by atoms with Gasteiger partial charge in [0.2, 0.25) is 0 Å². The van der Waals surface area contributed by atoms with Crippen LogP contribution in [0.4, 0.5) is 11.4 Å². The van der Waals surface area contributed by atoms with Gasteiger partial charge in [0, 0.05) is 24.1 Å². The number of rotatable bonds is 2. The van der Waals surface area contributed by atoms with Crippen LogP contribution in [0.15, 0.2) is 42.6 Å². The lowest BCUT2D eigenvalue weighted by Crippen LogP contribution is -2.15. The summed E-state index contributed by atoms with van der Waals surface area (Å²) in [6.45, 7) is 0.991. The highest BCUT2D eigenvalue weighted by atomic mass is 16.1. The van der Waals surface area contributed by atoms with E-state index < -0.39 is 0 Å². The van der Waals surface area contributed by atoms with Crippen molar-refractivity contribution in [1.29, 1.82) is 0 Å². The van der Waals surface area contributed by atoms with Gasteiger partial charge in [-0.1, -0.05) is 12.1 Å². The minimum atomic E-state index is -0.184. The molecule has 1 aromatic carbocycles. The minimum Gasteiger partial charge on any atom is -0.385 e. The Morgan fingerprint density at radius 3 is 3.05 bits per heavy atom. The highest BCUT2D eigenvalue weighted by Gasteiger charge is 2.11. The van der Waals surface area contributed by atoms with Crippen LogP contribution in [-0.4, -0.2) is 17.4 Å². The molecule has 0 bridgehead atoms. The van der Waals surface area contributed by atoms with Gasteiger partial charge in [-0.3, -0.25) is 9.78 Å². The Bertz CT molecular complexity index is 596. The Labute approximate surface area is 111 Å². The standard InChI is InChI=1S/C15H15N3O/c19-15(13-5-1-2-8-16-13)18-12-7-6-11-4-3-9-17-14(11)10-12/h1-2,5-8,10,17H,3-4,9H2,(H,18,19). The van der Waals surface area contributed by atoms with Gasteiger partial charge in [-0.05, 0) is 42.7 Å². The highest BCUT2D eigenvalue weighted by Crippen LogP contribution is 2.25. The summed E-state index contributed by atoms with van der Waals surface area (Å²) in [5.74, 6) is -0.184. The number of aromatic nitrogens is 1. The molecular weight excluding hydrogens is 238 g/mol. The molecule has 4 nitrogen and oxygen atoms in total. The normalized spacial score (nSPS) is 13.3. The van der Waals surface area contributed by atoms with Crippen LogP contribution in [0.1, 0.15) is 22.5 Å².